The lowest BCUT2D eigenvalue weighted by molar-refractivity contribution is -0.0354. The first-order chi connectivity index (χ1) is 12.8. The SMILES string of the molecule is C[C@@]12Cc3c(Br)c(O)c4ccccc4c3C(=O)[C@]1(O)c1ccccc1C2=O. The molecule has 5 heteroatoms. The van der Waals surface area contributed by atoms with Crippen molar-refractivity contribution in [3.05, 3.63) is 75.3 Å². The smallest absolute Gasteiger partial charge is 0.200 e. The zero-order valence-corrected chi connectivity index (χ0v) is 16.0. The van der Waals surface area contributed by atoms with Gasteiger partial charge in [-0.05, 0) is 40.2 Å². The highest BCUT2D eigenvalue weighted by atomic mass is 79.9. The van der Waals surface area contributed by atoms with E-state index in [0.717, 1.165) is 0 Å². The quantitative estimate of drug-likeness (QED) is 0.570. The summed E-state index contributed by atoms with van der Waals surface area (Å²) in [6.07, 6.45) is 0.150. The fourth-order valence-corrected chi connectivity index (χ4v) is 5.29. The molecule has 3 aromatic carbocycles. The molecule has 3 aromatic rings. The second-order valence-corrected chi connectivity index (χ2v) is 8.28. The van der Waals surface area contributed by atoms with E-state index in [4.69, 9.17) is 0 Å². The van der Waals surface area contributed by atoms with E-state index in [1.54, 1.807) is 55.5 Å². The third-order valence-electron chi connectivity index (χ3n) is 6.17. The van der Waals surface area contributed by atoms with Crippen LogP contribution < -0.4 is 0 Å². The molecule has 2 aliphatic rings. The molecule has 134 valence electrons. The molecule has 27 heavy (non-hydrogen) atoms. The minimum Gasteiger partial charge on any atom is -0.506 e. The maximum Gasteiger partial charge on any atom is 0.200 e. The molecule has 5 rings (SSSR count). The van der Waals surface area contributed by atoms with Crippen LogP contribution in [0, 0.1) is 5.41 Å². The van der Waals surface area contributed by atoms with E-state index in [2.05, 4.69) is 15.9 Å². The summed E-state index contributed by atoms with van der Waals surface area (Å²) in [5.41, 5.74) is -1.58. The summed E-state index contributed by atoms with van der Waals surface area (Å²) in [5.74, 6) is -0.713. The molecule has 0 aromatic heterocycles. The Morgan fingerprint density at radius 1 is 0.963 bits per heavy atom. The van der Waals surface area contributed by atoms with Gasteiger partial charge < -0.3 is 10.2 Å². The van der Waals surface area contributed by atoms with Crippen LogP contribution in [-0.2, 0) is 12.0 Å². The Morgan fingerprint density at radius 2 is 1.59 bits per heavy atom. The number of aliphatic hydroxyl groups is 1. The standard InChI is InChI=1S/C22H15BrO4/c1-21-10-14-16(11-6-2-3-7-12(11)18(24)17(14)23)20(26)22(21,27)15-9-5-4-8-13(15)19(21)25/h2-9,24,27H,10H2,1H3/t21-,22+/m0/s1. The van der Waals surface area contributed by atoms with E-state index in [9.17, 15) is 19.8 Å². The Bertz CT molecular complexity index is 1200. The fraction of sp³-hybridized carbons (Fsp3) is 0.182. The topological polar surface area (TPSA) is 74.6 Å². The number of fused-ring (bicyclic) bond motifs is 6. The van der Waals surface area contributed by atoms with Gasteiger partial charge in [-0.15, -0.1) is 0 Å². The summed E-state index contributed by atoms with van der Waals surface area (Å²) >= 11 is 3.41. The average molecular weight is 423 g/mol. The summed E-state index contributed by atoms with van der Waals surface area (Å²) in [6.45, 7) is 1.63. The molecule has 2 N–H and O–H groups in total. The number of Topliss-reactive ketones (excluding diaryl/α,β-unsaturated/α-hetero) is 2. The zero-order valence-electron chi connectivity index (χ0n) is 14.4. The Labute approximate surface area is 163 Å². The van der Waals surface area contributed by atoms with E-state index in [0.29, 0.717) is 37.5 Å². The van der Waals surface area contributed by atoms with Gasteiger partial charge in [-0.25, -0.2) is 0 Å². The predicted octanol–water partition coefficient (Wildman–Crippen LogP) is 4.14. The Hall–Kier alpha value is -2.50. The lowest BCUT2D eigenvalue weighted by Crippen LogP contribution is -2.54. The summed E-state index contributed by atoms with van der Waals surface area (Å²) in [6, 6.07) is 13.8. The van der Waals surface area contributed by atoms with Gasteiger partial charge in [-0.1, -0.05) is 48.5 Å². The molecule has 0 aliphatic heterocycles. The molecule has 0 fully saturated rings. The molecule has 0 heterocycles. The number of rotatable bonds is 0. The van der Waals surface area contributed by atoms with Crippen molar-refractivity contribution in [3.63, 3.8) is 0 Å². The number of hydrogen-bond acceptors (Lipinski definition) is 4. The third-order valence-corrected chi connectivity index (χ3v) is 7.03. The average Bonchev–Trinajstić information content (AvgIpc) is 2.86. The third kappa shape index (κ3) is 1.72. The zero-order chi connectivity index (χ0) is 19.1. The monoisotopic (exact) mass is 422 g/mol. The predicted molar refractivity (Wildman–Crippen MR) is 104 cm³/mol. The van der Waals surface area contributed by atoms with Gasteiger partial charge in [0.1, 0.15) is 5.75 Å². The van der Waals surface area contributed by atoms with Crippen molar-refractivity contribution in [2.45, 2.75) is 18.9 Å². The number of halogens is 1. The molecule has 2 aliphatic carbocycles. The van der Waals surface area contributed by atoms with E-state index in [-0.39, 0.29) is 18.0 Å². The molecule has 2 atom stereocenters. The van der Waals surface area contributed by atoms with Gasteiger partial charge in [0.15, 0.2) is 11.4 Å². The van der Waals surface area contributed by atoms with E-state index < -0.39 is 16.8 Å². The van der Waals surface area contributed by atoms with Gasteiger partial charge in [-0.2, -0.15) is 0 Å². The molecule has 0 unspecified atom stereocenters. The van der Waals surface area contributed by atoms with Crippen molar-refractivity contribution in [2.24, 2.45) is 5.41 Å². The number of carbonyl (C=O) groups is 2. The number of carbonyl (C=O) groups excluding carboxylic acids is 2. The van der Waals surface area contributed by atoms with E-state index >= 15 is 0 Å². The number of aromatic hydroxyl groups is 1. The van der Waals surface area contributed by atoms with Crippen LogP contribution in [0.25, 0.3) is 10.8 Å². The first kappa shape index (κ1) is 16.7. The van der Waals surface area contributed by atoms with Crippen LogP contribution in [0.5, 0.6) is 5.75 Å². The van der Waals surface area contributed by atoms with Crippen molar-refractivity contribution in [1.29, 1.82) is 0 Å². The fourth-order valence-electron chi connectivity index (χ4n) is 4.74. The molecule has 0 radical (unpaired) electrons. The molecule has 0 amide bonds. The summed E-state index contributed by atoms with van der Waals surface area (Å²) in [5, 5.41) is 23.4. The maximum absolute atomic E-state index is 13.7. The van der Waals surface area contributed by atoms with Crippen LogP contribution in [-0.4, -0.2) is 21.8 Å². The Morgan fingerprint density at radius 3 is 2.33 bits per heavy atom. The van der Waals surface area contributed by atoms with Crippen LogP contribution in [0.1, 0.15) is 38.8 Å². The molecule has 0 saturated carbocycles. The maximum atomic E-state index is 13.7. The molecule has 4 nitrogen and oxygen atoms in total. The number of hydrogen-bond donors (Lipinski definition) is 2. The van der Waals surface area contributed by atoms with Gasteiger partial charge in [0, 0.05) is 22.1 Å². The number of phenolic OH excluding ortho intramolecular Hbond substituents is 1. The van der Waals surface area contributed by atoms with Crippen LogP contribution in [0.4, 0.5) is 0 Å². The first-order valence-corrected chi connectivity index (χ1v) is 9.45. The number of ketones is 2. The number of benzene rings is 3. The van der Waals surface area contributed by atoms with E-state index in [1.165, 1.54) is 0 Å². The molecule has 0 saturated heterocycles. The van der Waals surface area contributed by atoms with Crippen LogP contribution >= 0.6 is 15.9 Å². The van der Waals surface area contributed by atoms with E-state index in [1.807, 2.05) is 0 Å². The highest BCUT2D eigenvalue weighted by Gasteiger charge is 2.66. The summed E-state index contributed by atoms with van der Waals surface area (Å²) < 4.78 is 0.400. The van der Waals surface area contributed by atoms with Crippen molar-refractivity contribution >= 4 is 38.3 Å². The minimum atomic E-state index is -1.92. The summed E-state index contributed by atoms with van der Waals surface area (Å²) in [4.78, 5) is 26.9. The van der Waals surface area contributed by atoms with Crippen molar-refractivity contribution in [3.8, 4) is 5.75 Å². The van der Waals surface area contributed by atoms with Gasteiger partial charge >= 0.3 is 0 Å². The van der Waals surface area contributed by atoms with Gasteiger partial charge in [0.25, 0.3) is 0 Å². The highest BCUT2D eigenvalue weighted by molar-refractivity contribution is 9.10. The second kappa shape index (κ2) is 5.06. The molecule has 0 spiro atoms. The van der Waals surface area contributed by atoms with Gasteiger partial charge in [0.2, 0.25) is 5.78 Å². The highest BCUT2D eigenvalue weighted by Crippen LogP contribution is 2.58. The van der Waals surface area contributed by atoms with Crippen LogP contribution in [0.3, 0.4) is 0 Å². The van der Waals surface area contributed by atoms with Crippen LogP contribution in [0.15, 0.2) is 53.0 Å². The number of phenols is 1. The first-order valence-electron chi connectivity index (χ1n) is 8.66. The lowest BCUT2D eigenvalue weighted by Gasteiger charge is -2.42. The van der Waals surface area contributed by atoms with Crippen molar-refractivity contribution in [1.82, 2.24) is 0 Å². The normalized spacial score (nSPS) is 26.0. The molecular weight excluding hydrogens is 408 g/mol. The Kier molecular flexibility index (Phi) is 3.12. The van der Waals surface area contributed by atoms with Crippen LogP contribution in [0.2, 0.25) is 0 Å². The van der Waals surface area contributed by atoms with Gasteiger partial charge in [0.05, 0.1) is 9.89 Å². The molecular formula is C22H15BrO4. The van der Waals surface area contributed by atoms with Crippen molar-refractivity contribution in [2.75, 3.05) is 0 Å². The Balaban J connectivity index is 1.93. The largest absolute Gasteiger partial charge is 0.506 e. The molecule has 0 bridgehead atoms. The second-order valence-electron chi connectivity index (χ2n) is 7.48. The minimum absolute atomic E-state index is 0.0362. The van der Waals surface area contributed by atoms with Crippen molar-refractivity contribution < 1.29 is 19.8 Å². The lowest BCUT2D eigenvalue weighted by atomic mass is 9.61. The summed E-state index contributed by atoms with van der Waals surface area (Å²) in [7, 11) is 0. The van der Waals surface area contributed by atoms with Gasteiger partial charge in [-0.3, -0.25) is 9.59 Å².